The molecule has 4 atom stereocenters. The van der Waals surface area contributed by atoms with E-state index >= 15 is 4.39 Å². The lowest BCUT2D eigenvalue weighted by molar-refractivity contribution is -0.141. The number of carbonyl (C=O) groups is 1. The lowest BCUT2D eigenvalue weighted by Gasteiger charge is -2.21. The number of esters is 1. The van der Waals surface area contributed by atoms with Crippen LogP contribution in [0.1, 0.15) is 35.6 Å². The second-order valence-electron chi connectivity index (χ2n) is 8.05. The molecule has 1 heterocycles. The molecule has 0 bridgehead atoms. The van der Waals surface area contributed by atoms with Gasteiger partial charge in [-0.05, 0) is 31.4 Å². The minimum Gasteiger partial charge on any atom is -0.466 e. The van der Waals surface area contributed by atoms with Gasteiger partial charge in [-0.1, -0.05) is 59.7 Å². The third-order valence-corrected chi connectivity index (χ3v) is 6.93. The normalized spacial score (nSPS) is 23.1. The summed E-state index contributed by atoms with van der Waals surface area (Å²) >= 11 is 1.54. The van der Waals surface area contributed by atoms with Crippen molar-refractivity contribution in [3.05, 3.63) is 70.8 Å². The summed E-state index contributed by atoms with van der Waals surface area (Å²) in [6.07, 6.45) is -1.24. The minimum atomic E-state index is -1.14. The molecular formula is C25H31FO4S. The molecule has 1 unspecified atom stereocenters. The molecule has 0 radical (unpaired) electrons. The van der Waals surface area contributed by atoms with Gasteiger partial charge in [0.15, 0.2) is 0 Å². The van der Waals surface area contributed by atoms with E-state index in [0.29, 0.717) is 26.2 Å². The SMILES string of the molecule is CC(=O)OCCC1S[C@H](COCc2ccc(C)cc2)[C@@H](OCc2ccc(C)cc2)[C@@H]1F. The molecule has 31 heavy (non-hydrogen) atoms. The van der Waals surface area contributed by atoms with Gasteiger partial charge in [0.2, 0.25) is 0 Å². The Morgan fingerprint density at radius 2 is 1.52 bits per heavy atom. The zero-order valence-electron chi connectivity index (χ0n) is 18.4. The van der Waals surface area contributed by atoms with Crippen molar-refractivity contribution < 1.29 is 23.4 Å². The van der Waals surface area contributed by atoms with Crippen LogP contribution < -0.4 is 0 Å². The van der Waals surface area contributed by atoms with Gasteiger partial charge in [-0.15, -0.1) is 11.8 Å². The van der Waals surface area contributed by atoms with Crippen molar-refractivity contribution in [2.24, 2.45) is 0 Å². The Balaban J connectivity index is 1.58. The van der Waals surface area contributed by atoms with E-state index in [0.717, 1.165) is 11.1 Å². The maximum Gasteiger partial charge on any atom is 0.302 e. The molecule has 2 aromatic rings. The average molecular weight is 447 g/mol. The number of rotatable bonds is 10. The summed E-state index contributed by atoms with van der Waals surface area (Å²) in [4.78, 5) is 11.0. The smallest absolute Gasteiger partial charge is 0.302 e. The van der Waals surface area contributed by atoms with E-state index < -0.39 is 12.3 Å². The average Bonchev–Trinajstić information content (AvgIpc) is 3.03. The van der Waals surface area contributed by atoms with Crippen molar-refractivity contribution in [3.63, 3.8) is 0 Å². The predicted octanol–water partition coefficient (Wildman–Crippen LogP) is 5.18. The number of carbonyl (C=O) groups excluding carboxylic acids is 1. The van der Waals surface area contributed by atoms with E-state index in [2.05, 4.69) is 12.1 Å². The second-order valence-corrected chi connectivity index (χ2v) is 9.53. The molecule has 0 N–H and O–H groups in total. The fourth-order valence-corrected chi connectivity index (χ4v) is 5.07. The summed E-state index contributed by atoms with van der Waals surface area (Å²) in [7, 11) is 0. The molecule has 0 saturated carbocycles. The number of benzene rings is 2. The number of hydrogen-bond acceptors (Lipinski definition) is 5. The molecule has 4 nitrogen and oxygen atoms in total. The lowest BCUT2D eigenvalue weighted by Crippen LogP contribution is -2.34. The Kier molecular flexibility index (Phi) is 8.93. The topological polar surface area (TPSA) is 44.8 Å². The fourth-order valence-electron chi connectivity index (χ4n) is 3.53. The highest BCUT2D eigenvalue weighted by molar-refractivity contribution is 8.00. The standard InChI is InChI=1S/C25H31FO4S/c1-17-4-8-20(9-5-17)14-28-16-23-25(30-15-21-10-6-18(2)7-11-21)24(26)22(31-23)12-13-29-19(3)27/h4-11,22-25H,12-16H2,1-3H3/t22?,23-,24-,25-/m1/s1. The number of halogens is 1. The maximum absolute atomic E-state index is 15.2. The van der Waals surface area contributed by atoms with E-state index in [1.165, 1.54) is 29.8 Å². The van der Waals surface area contributed by atoms with Crippen molar-refractivity contribution >= 4 is 17.7 Å². The van der Waals surface area contributed by atoms with E-state index in [-0.39, 0.29) is 23.1 Å². The van der Waals surface area contributed by atoms with Crippen molar-refractivity contribution in [2.75, 3.05) is 13.2 Å². The quantitative estimate of drug-likeness (QED) is 0.471. The van der Waals surface area contributed by atoms with Crippen LogP contribution in [0.25, 0.3) is 0 Å². The number of alkyl halides is 1. The Labute approximate surface area is 188 Å². The number of ether oxygens (including phenoxy) is 3. The Morgan fingerprint density at radius 3 is 2.10 bits per heavy atom. The van der Waals surface area contributed by atoms with Crippen LogP contribution in [0.15, 0.2) is 48.5 Å². The second kappa shape index (κ2) is 11.7. The maximum atomic E-state index is 15.2. The summed E-state index contributed by atoms with van der Waals surface area (Å²) in [5.74, 6) is -0.344. The molecule has 1 fully saturated rings. The first-order chi connectivity index (χ1) is 14.9. The van der Waals surface area contributed by atoms with Crippen LogP contribution in [0, 0.1) is 13.8 Å². The van der Waals surface area contributed by atoms with Crippen LogP contribution in [-0.4, -0.2) is 42.0 Å². The molecule has 0 spiro atoms. The van der Waals surface area contributed by atoms with Crippen LogP contribution in [0.2, 0.25) is 0 Å². The molecule has 1 saturated heterocycles. The molecule has 1 aliphatic heterocycles. The largest absolute Gasteiger partial charge is 0.466 e. The molecule has 0 amide bonds. The third-order valence-electron chi connectivity index (χ3n) is 5.33. The highest BCUT2D eigenvalue weighted by atomic mass is 32.2. The number of hydrogen-bond donors (Lipinski definition) is 0. The molecule has 6 heteroatoms. The zero-order valence-corrected chi connectivity index (χ0v) is 19.2. The van der Waals surface area contributed by atoms with Gasteiger partial charge in [-0.3, -0.25) is 4.79 Å². The molecule has 0 aromatic heterocycles. The summed E-state index contributed by atoms with van der Waals surface area (Å²) in [5.41, 5.74) is 4.49. The zero-order chi connectivity index (χ0) is 22.2. The number of thioether (sulfide) groups is 1. The Morgan fingerprint density at radius 1 is 0.935 bits per heavy atom. The molecule has 168 valence electrons. The summed E-state index contributed by atoms with van der Waals surface area (Å²) in [6, 6.07) is 16.3. The number of aryl methyl sites for hydroxylation is 2. The van der Waals surface area contributed by atoms with Crippen LogP contribution in [0.4, 0.5) is 4.39 Å². The molecule has 3 rings (SSSR count). The van der Waals surface area contributed by atoms with Gasteiger partial charge in [0, 0.05) is 12.2 Å². The predicted molar refractivity (Wildman–Crippen MR) is 122 cm³/mol. The van der Waals surface area contributed by atoms with Crippen LogP contribution in [0.3, 0.4) is 0 Å². The van der Waals surface area contributed by atoms with Gasteiger partial charge in [0.1, 0.15) is 12.3 Å². The van der Waals surface area contributed by atoms with Crippen molar-refractivity contribution in [1.29, 1.82) is 0 Å². The Bertz CT molecular complexity index is 824. The summed E-state index contributed by atoms with van der Waals surface area (Å²) in [6.45, 7) is 6.91. The first-order valence-corrected chi connectivity index (χ1v) is 11.6. The highest BCUT2D eigenvalue weighted by Crippen LogP contribution is 2.40. The van der Waals surface area contributed by atoms with E-state index in [1.807, 2.05) is 50.2 Å². The minimum absolute atomic E-state index is 0.117. The van der Waals surface area contributed by atoms with Gasteiger partial charge in [0.25, 0.3) is 0 Å². The van der Waals surface area contributed by atoms with Gasteiger partial charge in [0.05, 0.1) is 31.7 Å². The molecule has 0 aliphatic carbocycles. The first-order valence-electron chi connectivity index (χ1n) is 10.7. The van der Waals surface area contributed by atoms with Gasteiger partial charge < -0.3 is 14.2 Å². The lowest BCUT2D eigenvalue weighted by atomic mass is 10.1. The first kappa shape index (κ1) is 23.8. The van der Waals surface area contributed by atoms with Crippen LogP contribution >= 0.6 is 11.8 Å². The Hall–Kier alpha value is -1.89. The van der Waals surface area contributed by atoms with Crippen LogP contribution in [0.5, 0.6) is 0 Å². The van der Waals surface area contributed by atoms with E-state index in [1.54, 1.807) is 0 Å². The summed E-state index contributed by atoms with van der Waals surface area (Å²) < 4.78 is 32.2. The monoisotopic (exact) mass is 446 g/mol. The molecular weight excluding hydrogens is 415 g/mol. The highest BCUT2D eigenvalue weighted by Gasteiger charge is 2.45. The van der Waals surface area contributed by atoms with E-state index in [9.17, 15) is 4.79 Å². The van der Waals surface area contributed by atoms with Crippen molar-refractivity contribution in [3.8, 4) is 0 Å². The van der Waals surface area contributed by atoms with Crippen LogP contribution in [-0.2, 0) is 32.2 Å². The third kappa shape index (κ3) is 7.34. The van der Waals surface area contributed by atoms with Gasteiger partial charge >= 0.3 is 5.97 Å². The van der Waals surface area contributed by atoms with Crippen molar-refractivity contribution in [1.82, 2.24) is 0 Å². The van der Waals surface area contributed by atoms with Gasteiger partial charge in [-0.2, -0.15) is 0 Å². The fraction of sp³-hybridized carbons (Fsp3) is 0.480. The molecule has 1 aliphatic rings. The van der Waals surface area contributed by atoms with Gasteiger partial charge in [-0.25, -0.2) is 4.39 Å². The summed E-state index contributed by atoms with van der Waals surface area (Å²) in [5, 5.41) is -0.399. The molecule has 2 aromatic carbocycles. The van der Waals surface area contributed by atoms with Crippen molar-refractivity contribution in [2.45, 2.75) is 63.2 Å². The van der Waals surface area contributed by atoms with E-state index in [4.69, 9.17) is 14.2 Å².